The minimum atomic E-state index is -0.0120. The molecule has 2 aromatic heterocycles. The van der Waals surface area contributed by atoms with E-state index in [-0.39, 0.29) is 5.91 Å². The molecule has 0 aliphatic rings. The van der Waals surface area contributed by atoms with E-state index in [1.54, 1.807) is 17.1 Å². The molecule has 6 nitrogen and oxygen atoms in total. The van der Waals surface area contributed by atoms with E-state index in [4.69, 9.17) is 5.73 Å². The molecule has 0 aromatic carbocycles. The van der Waals surface area contributed by atoms with Crippen molar-refractivity contribution in [1.82, 2.24) is 14.8 Å². The largest absolute Gasteiger partial charge is 0.330 e. The molecule has 0 aliphatic carbocycles. The van der Waals surface area contributed by atoms with Gasteiger partial charge < -0.3 is 11.1 Å². The average molecular weight is 259 g/mol. The van der Waals surface area contributed by atoms with E-state index in [0.29, 0.717) is 24.5 Å². The van der Waals surface area contributed by atoms with Crippen LogP contribution in [0.2, 0.25) is 0 Å². The lowest BCUT2D eigenvalue weighted by atomic mass is 10.2. The molecule has 0 fully saturated rings. The molecule has 0 atom stereocenters. The van der Waals surface area contributed by atoms with Gasteiger partial charge in [-0.05, 0) is 37.6 Å². The van der Waals surface area contributed by atoms with Gasteiger partial charge in [0, 0.05) is 18.8 Å². The normalized spacial score (nSPS) is 10.4. The maximum absolute atomic E-state index is 11.6. The molecule has 0 radical (unpaired) electrons. The Kier molecular flexibility index (Phi) is 4.63. The molecule has 2 rings (SSSR count). The van der Waals surface area contributed by atoms with Gasteiger partial charge in [-0.25, -0.2) is 9.67 Å². The summed E-state index contributed by atoms with van der Waals surface area (Å²) in [5.41, 5.74) is 6.07. The van der Waals surface area contributed by atoms with Gasteiger partial charge >= 0.3 is 0 Å². The topological polar surface area (TPSA) is 85.8 Å². The smallest absolute Gasteiger partial charge is 0.224 e. The van der Waals surface area contributed by atoms with Crippen molar-refractivity contribution in [2.45, 2.75) is 19.3 Å². The number of nitrogens with zero attached hydrogens (tertiary/aromatic N) is 3. The Hall–Kier alpha value is -2.21. The molecule has 0 unspecified atom stereocenters. The number of amides is 1. The minimum Gasteiger partial charge on any atom is -0.330 e. The highest BCUT2D eigenvalue weighted by molar-refractivity contribution is 5.90. The maximum Gasteiger partial charge on any atom is 0.224 e. The van der Waals surface area contributed by atoms with Crippen LogP contribution in [0.4, 0.5) is 5.69 Å². The van der Waals surface area contributed by atoms with Crippen molar-refractivity contribution < 1.29 is 4.79 Å². The standard InChI is InChI=1S/C13H17N5O/c14-7-2-1-4-13(19)17-11-5-6-12(15-10-11)18-9-3-8-16-18/h3,5-6,8-10H,1-2,4,7,14H2,(H,17,19). The fourth-order valence-electron chi connectivity index (χ4n) is 1.65. The van der Waals surface area contributed by atoms with Crippen molar-refractivity contribution in [2.75, 3.05) is 11.9 Å². The monoisotopic (exact) mass is 259 g/mol. The van der Waals surface area contributed by atoms with Crippen LogP contribution < -0.4 is 11.1 Å². The third-order valence-corrected chi connectivity index (χ3v) is 2.63. The van der Waals surface area contributed by atoms with E-state index in [0.717, 1.165) is 12.8 Å². The van der Waals surface area contributed by atoms with E-state index < -0.39 is 0 Å². The van der Waals surface area contributed by atoms with E-state index in [9.17, 15) is 4.79 Å². The summed E-state index contributed by atoms with van der Waals surface area (Å²) >= 11 is 0. The lowest BCUT2D eigenvalue weighted by molar-refractivity contribution is -0.116. The summed E-state index contributed by atoms with van der Waals surface area (Å²) in [5, 5.41) is 6.88. The van der Waals surface area contributed by atoms with Crippen molar-refractivity contribution in [3.63, 3.8) is 0 Å². The zero-order chi connectivity index (χ0) is 13.5. The fraction of sp³-hybridized carbons (Fsp3) is 0.308. The molecule has 100 valence electrons. The van der Waals surface area contributed by atoms with Gasteiger partial charge in [0.15, 0.2) is 5.82 Å². The third kappa shape index (κ3) is 3.89. The molecule has 1 amide bonds. The Bertz CT molecular complexity index is 506. The molecule has 2 aromatic rings. The maximum atomic E-state index is 11.6. The quantitative estimate of drug-likeness (QED) is 0.766. The second kappa shape index (κ2) is 6.65. The summed E-state index contributed by atoms with van der Waals surface area (Å²) < 4.78 is 1.66. The Labute approximate surface area is 111 Å². The van der Waals surface area contributed by atoms with Crippen molar-refractivity contribution in [2.24, 2.45) is 5.73 Å². The fourth-order valence-corrected chi connectivity index (χ4v) is 1.65. The Morgan fingerprint density at radius 1 is 1.37 bits per heavy atom. The summed E-state index contributed by atoms with van der Waals surface area (Å²) in [6, 6.07) is 5.45. The first kappa shape index (κ1) is 13.2. The summed E-state index contributed by atoms with van der Waals surface area (Å²) in [4.78, 5) is 15.8. The van der Waals surface area contributed by atoms with Crippen LogP contribution in [-0.4, -0.2) is 27.2 Å². The number of nitrogens with one attached hydrogen (secondary N) is 1. The summed E-state index contributed by atoms with van der Waals surface area (Å²) in [7, 11) is 0. The number of pyridine rings is 1. The summed E-state index contributed by atoms with van der Waals surface area (Å²) in [6.07, 6.45) is 7.28. The first-order valence-corrected chi connectivity index (χ1v) is 6.25. The molecule has 0 saturated heterocycles. The Balaban J connectivity index is 1.90. The average Bonchev–Trinajstić information content (AvgIpc) is 2.94. The molecular weight excluding hydrogens is 242 g/mol. The van der Waals surface area contributed by atoms with Crippen molar-refractivity contribution in [3.05, 3.63) is 36.8 Å². The van der Waals surface area contributed by atoms with Crippen LogP contribution in [0.5, 0.6) is 0 Å². The van der Waals surface area contributed by atoms with Gasteiger partial charge in [0.05, 0.1) is 11.9 Å². The van der Waals surface area contributed by atoms with Crippen molar-refractivity contribution in [1.29, 1.82) is 0 Å². The molecule has 19 heavy (non-hydrogen) atoms. The highest BCUT2D eigenvalue weighted by atomic mass is 16.1. The van der Waals surface area contributed by atoms with E-state index in [1.165, 1.54) is 0 Å². The van der Waals surface area contributed by atoms with Crippen LogP contribution in [0.25, 0.3) is 5.82 Å². The van der Waals surface area contributed by atoms with E-state index >= 15 is 0 Å². The van der Waals surface area contributed by atoms with Crippen LogP contribution in [0, 0.1) is 0 Å². The number of hydrogen-bond acceptors (Lipinski definition) is 4. The Morgan fingerprint density at radius 2 is 2.26 bits per heavy atom. The highest BCUT2D eigenvalue weighted by Crippen LogP contribution is 2.09. The van der Waals surface area contributed by atoms with Gasteiger partial charge in [-0.15, -0.1) is 0 Å². The van der Waals surface area contributed by atoms with Crippen LogP contribution in [-0.2, 0) is 4.79 Å². The lowest BCUT2D eigenvalue weighted by Crippen LogP contribution is -2.12. The summed E-state index contributed by atoms with van der Waals surface area (Å²) in [6.45, 7) is 0.618. The van der Waals surface area contributed by atoms with Gasteiger partial charge in [0.25, 0.3) is 0 Å². The first-order chi connectivity index (χ1) is 9.29. The van der Waals surface area contributed by atoms with Gasteiger partial charge in [0.2, 0.25) is 5.91 Å². The predicted molar refractivity (Wildman–Crippen MR) is 72.9 cm³/mol. The van der Waals surface area contributed by atoms with Crippen molar-refractivity contribution >= 4 is 11.6 Å². The molecule has 0 aliphatic heterocycles. The SMILES string of the molecule is NCCCCC(=O)Nc1ccc(-n2cccn2)nc1. The zero-order valence-electron chi connectivity index (χ0n) is 10.6. The number of carbonyl (C=O) groups is 1. The van der Waals surface area contributed by atoms with Crippen LogP contribution in [0.3, 0.4) is 0 Å². The number of unbranched alkanes of at least 4 members (excludes halogenated alkanes) is 1. The molecule has 0 bridgehead atoms. The number of rotatable bonds is 6. The second-order valence-corrected chi connectivity index (χ2v) is 4.15. The van der Waals surface area contributed by atoms with Crippen LogP contribution in [0.1, 0.15) is 19.3 Å². The molecule has 3 N–H and O–H groups in total. The number of anilines is 1. The first-order valence-electron chi connectivity index (χ1n) is 6.25. The zero-order valence-corrected chi connectivity index (χ0v) is 10.6. The van der Waals surface area contributed by atoms with E-state index in [1.807, 2.05) is 24.4 Å². The van der Waals surface area contributed by atoms with Crippen LogP contribution in [0.15, 0.2) is 36.8 Å². The Morgan fingerprint density at radius 3 is 2.89 bits per heavy atom. The van der Waals surface area contributed by atoms with Gasteiger partial charge in [-0.3, -0.25) is 4.79 Å². The predicted octanol–water partition coefficient (Wildman–Crippen LogP) is 1.33. The van der Waals surface area contributed by atoms with Gasteiger partial charge in [-0.1, -0.05) is 0 Å². The van der Waals surface area contributed by atoms with Crippen LogP contribution >= 0.6 is 0 Å². The van der Waals surface area contributed by atoms with Gasteiger partial charge in [0.1, 0.15) is 0 Å². The second-order valence-electron chi connectivity index (χ2n) is 4.15. The summed E-state index contributed by atoms with van der Waals surface area (Å²) in [5.74, 6) is 0.702. The molecule has 0 saturated carbocycles. The van der Waals surface area contributed by atoms with Gasteiger partial charge in [-0.2, -0.15) is 5.10 Å². The molecule has 6 heteroatoms. The van der Waals surface area contributed by atoms with Crippen molar-refractivity contribution in [3.8, 4) is 5.82 Å². The number of hydrogen-bond donors (Lipinski definition) is 2. The lowest BCUT2D eigenvalue weighted by Gasteiger charge is -2.05. The van der Waals surface area contributed by atoms with E-state index in [2.05, 4.69) is 15.4 Å². The number of carbonyl (C=O) groups excluding carboxylic acids is 1. The number of aromatic nitrogens is 3. The molecular formula is C13H17N5O. The highest BCUT2D eigenvalue weighted by Gasteiger charge is 2.03. The third-order valence-electron chi connectivity index (χ3n) is 2.63. The molecule has 2 heterocycles. The number of nitrogens with two attached hydrogens (primary N) is 1. The molecule has 0 spiro atoms. The minimum absolute atomic E-state index is 0.0120.